The second kappa shape index (κ2) is 7.83. The van der Waals surface area contributed by atoms with Gasteiger partial charge in [-0.15, -0.1) is 0 Å². The molecule has 1 fully saturated rings. The van der Waals surface area contributed by atoms with Gasteiger partial charge in [0.2, 0.25) is 0 Å². The number of hydrogen-bond donors (Lipinski definition) is 2. The predicted octanol–water partition coefficient (Wildman–Crippen LogP) is 2.18. The topological polar surface area (TPSA) is 85.0 Å². The SMILES string of the molecule is CC1(C)CC(O)CC(C)(C)N1OC(COC(=O)CN)c1ccccc1. The number of benzene rings is 1. The second-order valence-corrected chi connectivity index (χ2v) is 7.87. The van der Waals surface area contributed by atoms with Crippen LogP contribution in [-0.2, 0) is 14.4 Å². The number of rotatable bonds is 6. The smallest absolute Gasteiger partial charge is 0.319 e. The first kappa shape index (κ1) is 19.8. The van der Waals surface area contributed by atoms with Gasteiger partial charge in [-0.25, -0.2) is 0 Å². The number of hydroxylamine groups is 2. The van der Waals surface area contributed by atoms with Crippen molar-refractivity contribution in [3.63, 3.8) is 0 Å². The molecule has 25 heavy (non-hydrogen) atoms. The molecule has 1 saturated heterocycles. The van der Waals surface area contributed by atoms with E-state index >= 15 is 0 Å². The van der Waals surface area contributed by atoms with Gasteiger partial charge in [0.25, 0.3) is 0 Å². The van der Waals surface area contributed by atoms with Gasteiger partial charge in [-0.3, -0.25) is 9.63 Å². The monoisotopic (exact) mass is 350 g/mol. The highest BCUT2D eigenvalue weighted by molar-refractivity contribution is 5.71. The van der Waals surface area contributed by atoms with E-state index < -0.39 is 12.1 Å². The molecular formula is C19H30N2O4. The van der Waals surface area contributed by atoms with Gasteiger partial charge in [0, 0.05) is 11.1 Å². The van der Waals surface area contributed by atoms with Crippen molar-refractivity contribution in [3.8, 4) is 0 Å². The van der Waals surface area contributed by atoms with E-state index in [0.717, 1.165) is 5.56 Å². The lowest BCUT2D eigenvalue weighted by molar-refractivity contribution is -0.320. The molecule has 0 aliphatic carbocycles. The normalized spacial score (nSPS) is 21.7. The standard InChI is InChI=1S/C19H30N2O4/c1-18(2)10-15(22)11-19(3,4)21(18)25-16(13-24-17(23)12-20)14-8-6-5-7-9-14/h5-9,15-16,22H,10-13,20H2,1-4H3. The Bertz CT molecular complexity index is 556. The highest BCUT2D eigenvalue weighted by Crippen LogP contribution is 2.40. The number of hydrogen-bond acceptors (Lipinski definition) is 6. The highest BCUT2D eigenvalue weighted by atomic mass is 16.7. The largest absolute Gasteiger partial charge is 0.462 e. The zero-order valence-electron chi connectivity index (χ0n) is 15.6. The zero-order chi connectivity index (χ0) is 18.7. The van der Waals surface area contributed by atoms with E-state index in [-0.39, 0.29) is 30.3 Å². The second-order valence-electron chi connectivity index (χ2n) is 7.87. The summed E-state index contributed by atoms with van der Waals surface area (Å²) in [6.45, 7) is 8.12. The van der Waals surface area contributed by atoms with E-state index in [9.17, 15) is 9.90 Å². The van der Waals surface area contributed by atoms with E-state index in [0.29, 0.717) is 12.8 Å². The lowest BCUT2D eigenvalue weighted by atomic mass is 9.80. The number of piperidine rings is 1. The summed E-state index contributed by atoms with van der Waals surface area (Å²) in [5.41, 5.74) is 5.54. The molecule has 1 aliphatic rings. The molecule has 0 amide bonds. The van der Waals surface area contributed by atoms with Crippen LogP contribution in [0.3, 0.4) is 0 Å². The van der Waals surface area contributed by atoms with Crippen LogP contribution in [0, 0.1) is 0 Å². The molecule has 2 rings (SSSR count). The third-order valence-electron chi connectivity index (χ3n) is 4.54. The van der Waals surface area contributed by atoms with Gasteiger partial charge in [-0.1, -0.05) is 30.3 Å². The molecule has 1 aromatic carbocycles. The zero-order valence-corrected chi connectivity index (χ0v) is 15.6. The summed E-state index contributed by atoms with van der Waals surface area (Å²) in [6.07, 6.45) is 0.418. The van der Waals surface area contributed by atoms with Gasteiger partial charge >= 0.3 is 5.97 Å². The van der Waals surface area contributed by atoms with E-state index in [1.807, 2.05) is 63.1 Å². The molecule has 140 valence electrons. The van der Waals surface area contributed by atoms with Gasteiger partial charge in [-0.05, 0) is 46.1 Å². The first-order valence-electron chi connectivity index (χ1n) is 8.71. The Kier molecular flexibility index (Phi) is 6.21. The first-order valence-corrected chi connectivity index (χ1v) is 8.71. The number of aliphatic hydroxyl groups excluding tert-OH is 1. The molecule has 6 nitrogen and oxygen atoms in total. The average molecular weight is 350 g/mol. The summed E-state index contributed by atoms with van der Waals surface area (Å²) in [5.74, 6) is -0.461. The number of nitrogens with zero attached hydrogens (tertiary/aromatic N) is 1. The Balaban J connectivity index is 2.23. The molecule has 6 heteroatoms. The molecule has 3 N–H and O–H groups in total. The van der Waals surface area contributed by atoms with Crippen LogP contribution in [0.15, 0.2) is 30.3 Å². The summed E-state index contributed by atoms with van der Waals surface area (Å²) in [4.78, 5) is 17.8. The van der Waals surface area contributed by atoms with Crippen molar-refractivity contribution in [1.29, 1.82) is 0 Å². The maximum absolute atomic E-state index is 11.5. The summed E-state index contributed by atoms with van der Waals surface area (Å²) >= 11 is 0. The van der Waals surface area contributed by atoms with Crippen molar-refractivity contribution < 1.29 is 19.5 Å². The lowest BCUT2D eigenvalue weighted by Gasteiger charge is -2.53. The summed E-state index contributed by atoms with van der Waals surface area (Å²) in [5, 5.41) is 12.1. The third-order valence-corrected chi connectivity index (χ3v) is 4.54. The average Bonchev–Trinajstić information content (AvgIpc) is 2.52. The van der Waals surface area contributed by atoms with Gasteiger partial charge in [-0.2, -0.15) is 5.06 Å². The van der Waals surface area contributed by atoms with Crippen molar-refractivity contribution in [3.05, 3.63) is 35.9 Å². The van der Waals surface area contributed by atoms with Gasteiger partial charge in [0.1, 0.15) is 12.7 Å². The Morgan fingerprint density at radius 1 is 1.24 bits per heavy atom. The van der Waals surface area contributed by atoms with Crippen LogP contribution in [0.2, 0.25) is 0 Å². The maximum Gasteiger partial charge on any atom is 0.319 e. The number of carbonyl (C=O) groups excluding carboxylic acids is 1. The molecular weight excluding hydrogens is 320 g/mol. The highest BCUT2D eigenvalue weighted by Gasteiger charge is 2.47. The minimum atomic E-state index is -0.461. The minimum absolute atomic E-state index is 0.0886. The fraction of sp³-hybridized carbons (Fsp3) is 0.632. The molecule has 1 aromatic rings. The predicted molar refractivity (Wildman–Crippen MR) is 95.5 cm³/mol. The first-order chi connectivity index (χ1) is 11.7. The molecule has 0 aromatic heterocycles. The minimum Gasteiger partial charge on any atom is -0.462 e. The number of carbonyl (C=O) groups is 1. The number of esters is 1. The Morgan fingerprint density at radius 2 is 1.80 bits per heavy atom. The molecule has 1 aliphatic heterocycles. The van der Waals surface area contributed by atoms with Crippen LogP contribution < -0.4 is 5.73 Å². The summed E-state index contributed by atoms with van der Waals surface area (Å²) in [6, 6.07) is 9.66. The van der Waals surface area contributed by atoms with Crippen LogP contribution in [0.4, 0.5) is 0 Å². The van der Waals surface area contributed by atoms with E-state index in [1.165, 1.54) is 0 Å². The number of nitrogens with two attached hydrogens (primary N) is 1. The van der Waals surface area contributed by atoms with Crippen molar-refractivity contribution in [1.82, 2.24) is 5.06 Å². The van der Waals surface area contributed by atoms with Crippen LogP contribution in [0.1, 0.15) is 52.2 Å². The number of ether oxygens (including phenoxy) is 1. The summed E-state index contributed by atoms with van der Waals surface area (Å²) in [7, 11) is 0. The van der Waals surface area contributed by atoms with Gasteiger partial charge < -0.3 is 15.6 Å². The fourth-order valence-electron chi connectivity index (χ4n) is 3.71. The Labute approximate surface area is 149 Å². The quantitative estimate of drug-likeness (QED) is 0.765. The Hall–Kier alpha value is -1.47. The van der Waals surface area contributed by atoms with Crippen molar-refractivity contribution in [2.45, 2.75) is 63.8 Å². The molecule has 0 spiro atoms. The fourth-order valence-corrected chi connectivity index (χ4v) is 3.71. The van der Waals surface area contributed by atoms with Gasteiger partial charge in [0.15, 0.2) is 0 Å². The van der Waals surface area contributed by atoms with E-state index in [1.54, 1.807) is 0 Å². The molecule has 0 radical (unpaired) electrons. The van der Waals surface area contributed by atoms with Crippen molar-refractivity contribution in [2.24, 2.45) is 5.73 Å². The number of aliphatic hydroxyl groups is 1. The summed E-state index contributed by atoms with van der Waals surface area (Å²) < 4.78 is 5.24. The molecule has 0 saturated carbocycles. The van der Waals surface area contributed by atoms with Crippen LogP contribution in [0.25, 0.3) is 0 Å². The third kappa shape index (κ3) is 5.01. The van der Waals surface area contributed by atoms with Crippen molar-refractivity contribution in [2.75, 3.05) is 13.2 Å². The lowest BCUT2D eigenvalue weighted by Crippen LogP contribution is -2.61. The van der Waals surface area contributed by atoms with Gasteiger partial charge in [0.05, 0.1) is 12.6 Å². The van der Waals surface area contributed by atoms with Crippen molar-refractivity contribution >= 4 is 5.97 Å². The van der Waals surface area contributed by atoms with Crippen LogP contribution >= 0.6 is 0 Å². The Morgan fingerprint density at radius 3 is 2.32 bits per heavy atom. The maximum atomic E-state index is 11.5. The van der Waals surface area contributed by atoms with Crippen LogP contribution in [0.5, 0.6) is 0 Å². The van der Waals surface area contributed by atoms with E-state index in [2.05, 4.69) is 0 Å². The molecule has 1 unspecified atom stereocenters. The molecule has 0 bridgehead atoms. The molecule has 1 heterocycles. The van der Waals surface area contributed by atoms with E-state index in [4.69, 9.17) is 15.3 Å². The molecule has 1 atom stereocenters. The van der Waals surface area contributed by atoms with Crippen LogP contribution in [-0.4, -0.2) is 46.5 Å².